The van der Waals surface area contributed by atoms with Crippen LogP contribution in [-0.2, 0) is 11.3 Å². The van der Waals surface area contributed by atoms with Crippen molar-refractivity contribution in [1.82, 2.24) is 0 Å². The molecule has 0 unspecified atom stereocenters. The van der Waals surface area contributed by atoms with Crippen LogP contribution in [0.1, 0.15) is 26.3 Å². The van der Waals surface area contributed by atoms with Crippen LogP contribution in [0.25, 0.3) is 0 Å². The molecule has 3 aromatic rings. The number of halogens is 1. The quantitative estimate of drug-likeness (QED) is 0.505. The van der Waals surface area contributed by atoms with Crippen LogP contribution in [0, 0.1) is 5.82 Å². The Bertz CT molecular complexity index is 905. The molecule has 0 heterocycles. The maximum absolute atomic E-state index is 13.6. The van der Waals surface area contributed by atoms with Gasteiger partial charge in [0.15, 0.2) is 0 Å². The van der Waals surface area contributed by atoms with E-state index in [4.69, 9.17) is 9.47 Å². The largest absolute Gasteiger partial charge is 0.457 e. The van der Waals surface area contributed by atoms with Gasteiger partial charge in [-0.3, -0.25) is 0 Å². The molecule has 0 aliphatic carbocycles. The van der Waals surface area contributed by atoms with Crippen LogP contribution in [0.3, 0.4) is 0 Å². The van der Waals surface area contributed by atoms with Gasteiger partial charge < -0.3 is 9.47 Å². The van der Waals surface area contributed by atoms with E-state index in [1.807, 2.05) is 30.3 Å². The van der Waals surface area contributed by atoms with E-state index in [-0.39, 0.29) is 17.9 Å². The first kappa shape index (κ1) is 17.4. The van der Waals surface area contributed by atoms with Crippen molar-refractivity contribution < 1.29 is 23.5 Å². The first-order valence-electron chi connectivity index (χ1n) is 7.91. The van der Waals surface area contributed by atoms with Gasteiger partial charge in [0.25, 0.3) is 0 Å². The lowest BCUT2D eigenvalue weighted by atomic mass is 10.2. The summed E-state index contributed by atoms with van der Waals surface area (Å²) in [6.07, 6.45) is 0. The van der Waals surface area contributed by atoms with Crippen molar-refractivity contribution in [1.29, 1.82) is 0 Å². The fourth-order valence-electron chi connectivity index (χ4n) is 2.25. The minimum atomic E-state index is -0.803. The Labute approximate surface area is 149 Å². The molecule has 0 aromatic heterocycles. The molecule has 3 aromatic carbocycles. The van der Waals surface area contributed by atoms with Crippen molar-refractivity contribution in [2.45, 2.75) is 6.61 Å². The van der Waals surface area contributed by atoms with Gasteiger partial charge in [-0.2, -0.15) is 0 Å². The highest BCUT2D eigenvalue weighted by molar-refractivity contribution is 5.92. The summed E-state index contributed by atoms with van der Waals surface area (Å²) in [5.41, 5.74) is 1.06. The fraction of sp³-hybridized carbons (Fsp3) is 0.0476. The second kappa shape index (κ2) is 8.07. The van der Waals surface area contributed by atoms with Crippen LogP contribution in [0.2, 0.25) is 0 Å². The van der Waals surface area contributed by atoms with E-state index in [1.54, 1.807) is 6.07 Å². The number of hydrogen-bond acceptors (Lipinski definition) is 4. The van der Waals surface area contributed by atoms with Crippen LogP contribution in [-0.4, -0.2) is 11.9 Å². The molecule has 0 amide bonds. The highest BCUT2D eigenvalue weighted by atomic mass is 19.1. The zero-order chi connectivity index (χ0) is 18.4. The van der Waals surface area contributed by atoms with E-state index in [2.05, 4.69) is 0 Å². The van der Waals surface area contributed by atoms with E-state index in [0.717, 1.165) is 5.56 Å². The average Bonchev–Trinajstić information content (AvgIpc) is 2.68. The Hall–Kier alpha value is -3.47. The third-order valence-corrected chi connectivity index (χ3v) is 3.61. The molecule has 0 N–H and O–H groups in total. The number of carbonyl (C=O) groups is 2. The summed E-state index contributed by atoms with van der Waals surface area (Å²) in [7, 11) is 0. The number of carbonyl (C=O) groups excluding carboxylic acids is 2. The van der Waals surface area contributed by atoms with Gasteiger partial charge in [-0.25, -0.2) is 14.0 Å². The standard InChI is InChI=1S/C21H15FO4/c22-19-9-5-4-8-18(19)21(24)26-17-12-10-16(11-13-17)20(23)25-14-15-6-2-1-3-7-15/h1-13H,14H2. The molecule has 0 fully saturated rings. The van der Waals surface area contributed by atoms with Crippen LogP contribution < -0.4 is 4.74 Å². The molecule has 0 spiro atoms. The zero-order valence-corrected chi connectivity index (χ0v) is 13.7. The highest BCUT2D eigenvalue weighted by Crippen LogP contribution is 2.16. The first-order chi connectivity index (χ1) is 12.6. The van der Waals surface area contributed by atoms with Gasteiger partial charge in [-0.1, -0.05) is 42.5 Å². The average molecular weight is 350 g/mol. The van der Waals surface area contributed by atoms with E-state index in [9.17, 15) is 14.0 Å². The fourth-order valence-corrected chi connectivity index (χ4v) is 2.25. The minimum Gasteiger partial charge on any atom is -0.457 e. The van der Waals surface area contributed by atoms with Crippen LogP contribution in [0.15, 0.2) is 78.9 Å². The maximum atomic E-state index is 13.6. The Morgan fingerprint density at radius 2 is 1.42 bits per heavy atom. The zero-order valence-electron chi connectivity index (χ0n) is 13.7. The molecule has 0 bridgehead atoms. The van der Waals surface area contributed by atoms with Crippen molar-refractivity contribution in [3.8, 4) is 5.75 Å². The summed E-state index contributed by atoms with van der Waals surface area (Å²) < 4.78 is 23.9. The Morgan fingerprint density at radius 1 is 0.769 bits per heavy atom. The van der Waals surface area contributed by atoms with Gasteiger partial charge in [-0.05, 0) is 42.0 Å². The molecule has 26 heavy (non-hydrogen) atoms. The second-order valence-corrected chi connectivity index (χ2v) is 5.46. The summed E-state index contributed by atoms with van der Waals surface area (Å²) in [6.45, 7) is 0.170. The summed E-state index contributed by atoms with van der Waals surface area (Å²) in [5.74, 6) is -1.74. The van der Waals surface area contributed by atoms with Crippen molar-refractivity contribution in [3.63, 3.8) is 0 Å². The number of benzene rings is 3. The molecule has 0 atom stereocenters. The summed E-state index contributed by atoms with van der Waals surface area (Å²) in [6, 6.07) is 20.8. The van der Waals surface area contributed by atoms with Gasteiger partial charge in [0.2, 0.25) is 0 Å². The van der Waals surface area contributed by atoms with E-state index >= 15 is 0 Å². The van der Waals surface area contributed by atoms with Crippen molar-refractivity contribution >= 4 is 11.9 Å². The lowest BCUT2D eigenvalue weighted by Crippen LogP contribution is -2.11. The maximum Gasteiger partial charge on any atom is 0.346 e. The molecular weight excluding hydrogens is 335 g/mol. The van der Waals surface area contributed by atoms with E-state index in [0.29, 0.717) is 5.56 Å². The monoisotopic (exact) mass is 350 g/mol. The Morgan fingerprint density at radius 3 is 2.12 bits per heavy atom. The lowest BCUT2D eigenvalue weighted by molar-refractivity contribution is 0.0472. The van der Waals surface area contributed by atoms with Crippen LogP contribution in [0.4, 0.5) is 4.39 Å². The highest BCUT2D eigenvalue weighted by Gasteiger charge is 2.14. The lowest BCUT2D eigenvalue weighted by Gasteiger charge is -2.07. The third kappa shape index (κ3) is 4.33. The van der Waals surface area contributed by atoms with E-state index in [1.165, 1.54) is 42.5 Å². The molecule has 5 heteroatoms. The van der Waals surface area contributed by atoms with E-state index < -0.39 is 17.8 Å². The van der Waals surface area contributed by atoms with Crippen LogP contribution in [0.5, 0.6) is 5.75 Å². The number of rotatable bonds is 5. The third-order valence-electron chi connectivity index (χ3n) is 3.61. The van der Waals surface area contributed by atoms with Crippen molar-refractivity contribution in [3.05, 3.63) is 101 Å². The predicted molar refractivity (Wildman–Crippen MR) is 93.4 cm³/mol. The number of hydrogen-bond donors (Lipinski definition) is 0. The van der Waals surface area contributed by atoms with Gasteiger partial charge in [0.05, 0.1) is 11.1 Å². The molecular formula is C21H15FO4. The van der Waals surface area contributed by atoms with Gasteiger partial charge in [0.1, 0.15) is 18.2 Å². The molecule has 0 radical (unpaired) electrons. The van der Waals surface area contributed by atoms with Gasteiger partial charge in [0, 0.05) is 0 Å². The van der Waals surface area contributed by atoms with Crippen molar-refractivity contribution in [2.24, 2.45) is 0 Å². The topological polar surface area (TPSA) is 52.6 Å². The predicted octanol–water partition coefficient (Wildman–Crippen LogP) is 4.40. The molecule has 130 valence electrons. The molecule has 0 saturated carbocycles. The van der Waals surface area contributed by atoms with Crippen molar-refractivity contribution in [2.75, 3.05) is 0 Å². The molecule has 0 aliphatic rings. The summed E-state index contributed by atoms with van der Waals surface area (Å²) in [4.78, 5) is 24.0. The van der Waals surface area contributed by atoms with Gasteiger partial charge >= 0.3 is 11.9 Å². The van der Waals surface area contributed by atoms with Crippen LogP contribution >= 0.6 is 0 Å². The smallest absolute Gasteiger partial charge is 0.346 e. The number of esters is 2. The normalized spacial score (nSPS) is 10.2. The van der Waals surface area contributed by atoms with Gasteiger partial charge in [-0.15, -0.1) is 0 Å². The summed E-state index contributed by atoms with van der Waals surface area (Å²) >= 11 is 0. The molecule has 0 aliphatic heterocycles. The Kier molecular flexibility index (Phi) is 5.39. The Balaban J connectivity index is 1.60. The number of ether oxygens (including phenoxy) is 2. The SMILES string of the molecule is O=C(OCc1ccccc1)c1ccc(OC(=O)c2ccccc2F)cc1. The second-order valence-electron chi connectivity index (χ2n) is 5.46. The molecule has 4 nitrogen and oxygen atoms in total. The molecule has 3 rings (SSSR count). The summed E-state index contributed by atoms with van der Waals surface area (Å²) in [5, 5.41) is 0. The molecule has 0 saturated heterocycles. The first-order valence-corrected chi connectivity index (χ1v) is 7.91. The minimum absolute atomic E-state index is 0.154.